The van der Waals surface area contributed by atoms with Crippen molar-refractivity contribution in [2.45, 2.75) is 46.4 Å². The zero-order chi connectivity index (χ0) is 23.1. The summed E-state index contributed by atoms with van der Waals surface area (Å²) in [7, 11) is 1.11. The lowest BCUT2D eigenvalue weighted by atomic mass is 10.00. The van der Waals surface area contributed by atoms with Gasteiger partial charge in [0.15, 0.2) is 0 Å². The monoisotopic (exact) mass is 438 g/mol. The molecule has 0 radical (unpaired) electrons. The molecule has 0 N–H and O–H groups in total. The quantitative estimate of drug-likeness (QED) is 0.489. The predicted molar refractivity (Wildman–Crippen MR) is 106 cm³/mol. The summed E-state index contributed by atoms with van der Waals surface area (Å²) in [6, 6.07) is 3.82. The normalized spacial score (nSPS) is 11.9. The fourth-order valence-corrected chi connectivity index (χ4v) is 3.28. The molecule has 0 spiro atoms. The van der Waals surface area contributed by atoms with Gasteiger partial charge in [-0.25, -0.2) is 4.79 Å². The van der Waals surface area contributed by atoms with E-state index in [2.05, 4.69) is 4.74 Å². The van der Waals surface area contributed by atoms with Gasteiger partial charge in [-0.1, -0.05) is 6.92 Å². The van der Waals surface area contributed by atoms with Crippen LogP contribution in [0.2, 0.25) is 0 Å². The third-order valence-electron chi connectivity index (χ3n) is 4.65. The maximum absolute atomic E-state index is 13.9. The largest absolute Gasteiger partial charge is 0.491 e. The highest BCUT2D eigenvalue weighted by Crippen LogP contribution is 2.40. The summed E-state index contributed by atoms with van der Waals surface area (Å²) in [5, 5.41) is -0.0313. The molecule has 0 saturated carbocycles. The van der Waals surface area contributed by atoms with Gasteiger partial charge >= 0.3 is 12.1 Å². The Morgan fingerprint density at radius 2 is 1.84 bits per heavy atom. The lowest BCUT2D eigenvalue weighted by Crippen LogP contribution is -2.17. The van der Waals surface area contributed by atoms with Crippen molar-refractivity contribution in [1.29, 1.82) is 0 Å². The van der Waals surface area contributed by atoms with Gasteiger partial charge in [0.05, 0.1) is 24.2 Å². The third kappa shape index (κ3) is 4.17. The Kier molecular flexibility index (Phi) is 5.89. The summed E-state index contributed by atoms with van der Waals surface area (Å²) in [6.45, 7) is 6.75. The fraction of sp³-hybridized carbons (Fsp3) is 0.364. The molecule has 2 heterocycles. The second-order valence-electron chi connectivity index (χ2n) is 7.18. The molecule has 3 rings (SSSR count). The molecule has 9 heteroatoms. The Hall–Kier alpha value is -3.23. The fourth-order valence-electron chi connectivity index (χ4n) is 3.28. The number of fused-ring (bicyclic) bond motifs is 1. The Bertz CT molecular complexity index is 1200. The molecule has 166 valence electrons. The molecule has 0 aliphatic heterocycles. The summed E-state index contributed by atoms with van der Waals surface area (Å²) in [5.74, 6) is -2.38. The molecular formula is C22H21F3O6. The molecule has 0 atom stereocenters. The minimum atomic E-state index is -4.97. The lowest BCUT2D eigenvalue weighted by molar-refractivity contribution is -0.152. The number of esters is 1. The molecular weight excluding hydrogens is 417 g/mol. The highest BCUT2D eigenvalue weighted by atomic mass is 19.4. The van der Waals surface area contributed by atoms with Gasteiger partial charge in [0, 0.05) is 11.6 Å². The topological polar surface area (TPSA) is 78.9 Å². The van der Waals surface area contributed by atoms with Gasteiger partial charge in [-0.15, -0.1) is 0 Å². The lowest BCUT2D eigenvalue weighted by Gasteiger charge is -2.16. The Labute approximate surface area is 175 Å². The van der Waals surface area contributed by atoms with Crippen LogP contribution in [0.3, 0.4) is 0 Å². The average molecular weight is 438 g/mol. The molecule has 0 aliphatic rings. The van der Waals surface area contributed by atoms with Crippen LogP contribution in [0.5, 0.6) is 5.75 Å². The van der Waals surface area contributed by atoms with Crippen molar-refractivity contribution in [3.05, 3.63) is 51.3 Å². The van der Waals surface area contributed by atoms with Crippen molar-refractivity contribution in [3.63, 3.8) is 0 Å². The number of carbonyl (C=O) groups is 1. The van der Waals surface area contributed by atoms with Crippen LogP contribution in [0.25, 0.3) is 22.1 Å². The van der Waals surface area contributed by atoms with Crippen LogP contribution < -0.4 is 10.2 Å². The molecule has 0 unspecified atom stereocenters. The van der Waals surface area contributed by atoms with Gasteiger partial charge < -0.3 is 18.3 Å². The van der Waals surface area contributed by atoms with Gasteiger partial charge in [-0.05, 0) is 44.9 Å². The van der Waals surface area contributed by atoms with Crippen molar-refractivity contribution < 1.29 is 36.3 Å². The maximum Gasteiger partial charge on any atom is 0.450 e. The Morgan fingerprint density at radius 3 is 2.39 bits per heavy atom. The molecule has 2 aromatic heterocycles. The number of ether oxygens (including phenoxy) is 2. The van der Waals surface area contributed by atoms with Crippen LogP contribution in [0, 0.1) is 6.92 Å². The van der Waals surface area contributed by atoms with Gasteiger partial charge in [0.25, 0.3) is 0 Å². The van der Waals surface area contributed by atoms with E-state index in [1.54, 1.807) is 13.8 Å². The number of aryl methyl sites for hydroxylation is 2. The van der Waals surface area contributed by atoms with Crippen LogP contribution in [-0.2, 0) is 17.3 Å². The van der Waals surface area contributed by atoms with Crippen LogP contribution in [0.15, 0.2) is 31.8 Å². The van der Waals surface area contributed by atoms with Crippen molar-refractivity contribution in [3.8, 4) is 16.9 Å². The summed E-state index contributed by atoms with van der Waals surface area (Å²) in [4.78, 5) is 25.0. The first kappa shape index (κ1) is 22.5. The minimum absolute atomic E-state index is 0.0313. The first-order valence-corrected chi connectivity index (χ1v) is 9.54. The number of halogens is 3. The second-order valence-corrected chi connectivity index (χ2v) is 7.18. The van der Waals surface area contributed by atoms with E-state index >= 15 is 0 Å². The third-order valence-corrected chi connectivity index (χ3v) is 4.65. The van der Waals surface area contributed by atoms with E-state index in [4.69, 9.17) is 13.6 Å². The van der Waals surface area contributed by atoms with E-state index in [0.717, 1.165) is 13.2 Å². The Morgan fingerprint density at radius 1 is 1.16 bits per heavy atom. The van der Waals surface area contributed by atoms with E-state index in [0.29, 0.717) is 17.7 Å². The number of benzene rings is 1. The number of rotatable bonds is 5. The minimum Gasteiger partial charge on any atom is -0.491 e. The van der Waals surface area contributed by atoms with Crippen molar-refractivity contribution >= 4 is 16.9 Å². The first-order valence-electron chi connectivity index (χ1n) is 9.54. The van der Waals surface area contributed by atoms with E-state index in [-0.39, 0.29) is 34.2 Å². The summed E-state index contributed by atoms with van der Waals surface area (Å²) < 4.78 is 62.3. The highest BCUT2D eigenvalue weighted by molar-refractivity contribution is 5.90. The zero-order valence-corrected chi connectivity index (χ0v) is 17.6. The van der Waals surface area contributed by atoms with E-state index < -0.39 is 28.9 Å². The van der Waals surface area contributed by atoms with Gasteiger partial charge in [0.2, 0.25) is 16.9 Å². The highest BCUT2D eigenvalue weighted by Gasteiger charge is 2.40. The van der Waals surface area contributed by atoms with Crippen molar-refractivity contribution in [1.82, 2.24) is 0 Å². The van der Waals surface area contributed by atoms with Crippen LogP contribution >= 0.6 is 0 Å². The number of hydrogen-bond acceptors (Lipinski definition) is 6. The molecule has 0 amide bonds. The standard InChI is InChI=1S/C22H21F3O6/c1-6-12-7-14-16(9-15(12)29-10(2)3)31-20(22(23,24)25)18(19(14)26)13-8-17(21(27)28-5)30-11(13)4/h7-10H,6H2,1-5H3. The Balaban J connectivity index is 2.38. The van der Waals surface area contributed by atoms with E-state index in [1.165, 1.54) is 19.1 Å². The summed E-state index contributed by atoms with van der Waals surface area (Å²) in [6.07, 6.45) is -4.70. The molecule has 0 fully saturated rings. The van der Waals surface area contributed by atoms with Crippen LogP contribution in [0.4, 0.5) is 13.2 Å². The first-order chi connectivity index (χ1) is 14.5. The predicted octanol–water partition coefficient (Wildman–Crippen LogP) is 5.52. The summed E-state index contributed by atoms with van der Waals surface area (Å²) in [5.41, 5.74) is -1.40. The molecule has 6 nitrogen and oxygen atoms in total. The molecule has 31 heavy (non-hydrogen) atoms. The molecule has 0 bridgehead atoms. The SMILES string of the molecule is CCc1cc2c(=O)c(-c3cc(C(=O)OC)oc3C)c(C(F)(F)F)oc2cc1OC(C)C. The summed E-state index contributed by atoms with van der Waals surface area (Å²) >= 11 is 0. The zero-order valence-electron chi connectivity index (χ0n) is 17.6. The number of carbonyl (C=O) groups excluding carboxylic acids is 1. The number of furan rings is 1. The number of alkyl halides is 3. The molecule has 1 aromatic carbocycles. The van der Waals surface area contributed by atoms with E-state index in [9.17, 15) is 22.8 Å². The molecule has 3 aromatic rings. The second kappa shape index (κ2) is 8.13. The van der Waals surface area contributed by atoms with Crippen LogP contribution in [-0.4, -0.2) is 19.2 Å². The van der Waals surface area contributed by atoms with Crippen LogP contribution in [0.1, 0.15) is 48.4 Å². The van der Waals surface area contributed by atoms with Gasteiger partial charge in [-0.2, -0.15) is 13.2 Å². The number of hydrogen-bond donors (Lipinski definition) is 0. The average Bonchev–Trinajstić information content (AvgIpc) is 3.07. The van der Waals surface area contributed by atoms with E-state index in [1.807, 2.05) is 6.92 Å². The smallest absolute Gasteiger partial charge is 0.450 e. The molecule has 0 aliphatic carbocycles. The number of methoxy groups -OCH3 is 1. The molecule has 0 saturated heterocycles. The maximum atomic E-state index is 13.9. The van der Waals surface area contributed by atoms with Crippen molar-refractivity contribution in [2.24, 2.45) is 0 Å². The van der Waals surface area contributed by atoms with Gasteiger partial charge in [-0.3, -0.25) is 4.79 Å². The van der Waals surface area contributed by atoms with Gasteiger partial charge in [0.1, 0.15) is 17.1 Å². The van der Waals surface area contributed by atoms with Crippen molar-refractivity contribution in [2.75, 3.05) is 7.11 Å².